The first-order valence-corrected chi connectivity index (χ1v) is 8.49. The maximum atomic E-state index is 5.49. The highest BCUT2D eigenvalue weighted by molar-refractivity contribution is 5.34. The van der Waals surface area contributed by atoms with Gasteiger partial charge in [0.1, 0.15) is 6.54 Å². The van der Waals surface area contributed by atoms with Gasteiger partial charge in [0.05, 0.1) is 12.0 Å². The van der Waals surface area contributed by atoms with Crippen molar-refractivity contribution in [3.63, 3.8) is 0 Å². The predicted octanol–water partition coefficient (Wildman–Crippen LogP) is 2.10. The lowest BCUT2D eigenvalue weighted by molar-refractivity contribution is -0.752. The Labute approximate surface area is 140 Å². The van der Waals surface area contributed by atoms with Crippen molar-refractivity contribution in [1.82, 2.24) is 20.2 Å². The lowest BCUT2D eigenvalue weighted by Crippen LogP contribution is -2.93. The Kier molecular flexibility index (Phi) is 3.90. The molecule has 0 aliphatic heterocycles. The number of aromatic nitrogens is 4. The average molecular weight is 324 g/mol. The number of furan rings is 1. The van der Waals surface area contributed by atoms with E-state index in [2.05, 4.69) is 52.0 Å². The number of nitrogens with zero attached hydrogens (tertiary/aromatic N) is 4. The van der Waals surface area contributed by atoms with Gasteiger partial charge in [0.15, 0.2) is 11.3 Å². The van der Waals surface area contributed by atoms with Crippen LogP contribution >= 0.6 is 0 Å². The van der Waals surface area contributed by atoms with Crippen molar-refractivity contribution in [2.24, 2.45) is 0 Å². The number of benzene rings is 1. The second kappa shape index (κ2) is 6.20. The van der Waals surface area contributed by atoms with Crippen LogP contribution in [0.1, 0.15) is 42.8 Å². The Balaban J connectivity index is 1.67. The fourth-order valence-corrected chi connectivity index (χ4v) is 3.61. The van der Waals surface area contributed by atoms with Crippen LogP contribution in [-0.4, -0.2) is 20.2 Å². The lowest BCUT2D eigenvalue weighted by atomic mass is 9.96. The van der Waals surface area contributed by atoms with Crippen molar-refractivity contribution in [2.75, 3.05) is 0 Å². The van der Waals surface area contributed by atoms with Crippen molar-refractivity contribution < 1.29 is 9.73 Å². The van der Waals surface area contributed by atoms with Gasteiger partial charge in [-0.05, 0) is 54.5 Å². The Morgan fingerprint density at radius 1 is 1.17 bits per heavy atom. The van der Waals surface area contributed by atoms with Gasteiger partial charge in [-0.15, -0.1) is 5.10 Å². The summed E-state index contributed by atoms with van der Waals surface area (Å²) in [5.41, 5.74) is 2.16. The highest BCUT2D eigenvalue weighted by atomic mass is 16.3. The third-order valence-electron chi connectivity index (χ3n) is 4.96. The quantitative estimate of drug-likeness (QED) is 0.780. The third-order valence-corrected chi connectivity index (χ3v) is 4.96. The van der Waals surface area contributed by atoms with E-state index < -0.39 is 0 Å². The molecule has 1 fully saturated rings. The smallest absolute Gasteiger partial charge is 0.217 e. The van der Waals surface area contributed by atoms with Crippen molar-refractivity contribution >= 4 is 0 Å². The molecule has 0 spiro atoms. The fourth-order valence-electron chi connectivity index (χ4n) is 3.61. The molecule has 6 nitrogen and oxygen atoms in total. The Morgan fingerprint density at radius 2 is 1.96 bits per heavy atom. The molecule has 1 aromatic carbocycles. The summed E-state index contributed by atoms with van der Waals surface area (Å²) in [6, 6.07) is 12.3. The molecule has 0 unspecified atom stereocenters. The van der Waals surface area contributed by atoms with Gasteiger partial charge in [0.25, 0.3) is 0 Å². The molecule has 6 heteroatoms. The normalized spacial score (nSPS) is 16.5. The maximum absolute atomic E-state index is 5.49. The Hall–Kier alpha value is -2.47. The van der Waals surface area contributed by atoms with E-state index in [1.54, 1.807) is 6.26 Å². The van der Waals surface area contributed by atoms with Crippen LogP contribution in [0.2, 0.25) is 0 Å². The van der Waals surface area contributed by atoms with E-state index in [9.17, 15) is 0 Å². The summed E-state index contributed by atoms with van der Waals surface area (Å²) >= 11 is 0. The molecule has 1 aliphatic rings. The van der Waals surface area contributed by atoms with E-state index >= 15 is 0 Å². The van der Waals surface area contributed by atoms with E-state index in [0.717, 1.165) is 36.7 Å². The van der Waals surface area contributed by atoms with Crippen LogP contribution in [0.4, 0.5) is 0 Å². The summed E-state index contributed by atoms with van der Waals surface area (Å²) in [4.78, 5) is 0. The number of rotatable bonds is 5. The Morgan fingerprint density at radius 3 is 2.67 bits per heavy atom. The molecular weight excluding hydrogens is 302 g/mol. The highest BCUT2D eigenvalue weighted by Gasteiger charge is 2.44. The zero-order valence-electron chi connectivity index (χ0n) is 13.9. The van der Waals surface area contributed by atoms with Crippen LogP contribution in [0.5, 0.6) is 0 Å². The molecule has 2 N–H and O–H groups in total. The van der Waals surface area contributed by atoms with Gasteiger partial charge >= 0.3 is 0 Å². The van der Waals surface area contributed by atoms with Crippen molar-refractivity contribution in [1.29, 1.82) is 0 Å². The highest BCUT2D eigenvalue weighted by Crippen LogP contribution is 2.34. The van der Waals surface area contributed by atoms with Crippen LogP contribution in [0.3, 0.4) is 0 Å². The first kappa shape index (κ1) is 15.1. The predicted molar refractivity (Wildman–Crippen MR) is 88.4 cm³/mol. The lowest BCUT2D eigenvalue weighted by Gasteiger charge is -2.25. The summed E-state index contributed by atoms with van der Waals surface area (Å²) in [5.74, 6) is 1.92. The van der Waals surface area contributed by atoms with Crippen LogP contribution < -0.4 is 5.32 Å². The largest absolute Gasteiger partial charge is 0.463 e. The molecule has 0 saturated heterocycles. The molecule has 0 radical (unpaired) electrons. The van der Waals surface area contributed by atoms with E-state index in [1.165, 1.54) is 18.4 Å². The first-order chi connectivity index (χ1) is 11.8. The average Bonchev–Trinajstić information content (AvgIpc) is 3.34. The Bertz CT molecular complexity index is 785. The molecule has 24 heavy (non-hydrogen) atoms. The number of nitrogens with two attached hydrogens (primary N) is 1. The summed E-state index contributed by atoms with van der Waals surface area (Å²) in [7, 11) is 0. The summed E-state index contributed by atoms with van der Waals surface area (Å²) in [6.45, 7) is 2.88. The van der Waals surface area contributed by atoms with Crippen molar-refractivity contribution in [2.45, 2.75) is 44.7 Å². The maximum Gasteiger partial charge on any atom is 0.217 e. The van der Waals surface area contributed by atoms with Crippen LogP contribution in [0.25, 0.3) is 5.69 Å². The summed E-state index contributed by atoms with van der Waals surface area (Å²) < 4.78 is 7.39. The molecule has 2 aromatic heterocycles. The molecule has 4 rings (SSSR count). The SMILES string of the molecule is Cc1ccc(-n2nnnc2C2([NH2+]Cc3ccco3)CCCC2)cc1. The van der Waals surface area contributed by atoms with E-state index in [0.29, 0.717) is 0 Å². The minimum Gasteiger partial charge on any atom is -0.463 e. The standard InChI is InChI=1S/C18H21N5O/c1-14-6-8-15(9-7-14)23-17(20-21-22-23)18(10-2-3-11-18)19-13-16-5-4-12-24-16/h4-9,12,19H,2-3,10-11,13H2,1H3/p+1. The molecule has 0 atom stereocenters. The monoisotopic (exact) mass is 324 g/mol. The summed E-state index contributed by atoms with van der Waals surface area (Å²) in [6.07, 6.45) is 6.30. The van der Waals surface area contributed by atoms with Crippen LogP contribution in [0.15, 0.2) is 47.1 Å². The number of hydrogen-bond acceptors (Lipinski definition) is 4. The zero-order valence-corrected chi connectivity index (χ0v) is 13.9. The van der Waals surface area contributed by atoms with Gasteiger partial charge in [-0.2, -0.15) is 4.68 Å². The van der Waals surface area contributed by atoms with E-state index in [-0.39, 0.29) is 5.54 Å². The van der Waals surface area contributed by atoms with Gasteiger partial charge in [0.2, 0.25) is 5.82 Å². The molecule has 0 amide bonds. The molecule has 1 saturated carbocycles. The number of hydrogen-bond donors (Lipinski definition) is 1. The molecule has 0 bridgehead atoms. The number of aryl methyl sites for hydroxylation is 1. The van der Waals surface area contributed by atoms with Gasteiger partial charge in [0, 0.05) is 12.8 Å². The molecule has 1 aliphatic carbocycles. The van der Waals surface area contributed by atoms with Crippen LogP contribution in [-0.2, 0) is 12.1 Å². The molecule has 3 aromatic rings. The van der Waals surface area contributed by atoms with Crippen molar-refractivity contribution in [3.8, 4) is 5.69 Å². The van der Waals surface area contributed by atoms with Gasteiger partial charge < -0.3 is 9.73 Å². The number of quaternary nitrogens is 1. The van der Waals surface area contributed by atoms with Gasteiger partial charge in [-0.25, -0.2) is 0 Å². The first-order valence-electron chi connectivity index (χ1n) is 8.49. The van der Waals surface area contributed by atoms with Crippen molar-refractivity contribution in [3.05, 3.63) is 59.8 Å². The molecular formula is C18H22N5O+. The van der Waals surface area contributed by atoms with Gasteiger partial charge in [-0.3, -0.25) is 0 Å². The minimum absolute atomic E-state index is 0.0822. The van der Waals surface area contributed by atoms with Gasteiger partial charge in [-0.1, -0.05) is 17.7 Å². The second-order valence-electron chi connectivity index (χ2n) is 6.60. The zero-order chi connectivity index (χ0) is 16.4. The van der Waals surface area contributed by atoms with Crippen LogP contribution in [0, 0.1) is 6.92 Å². The van der Waals surface area contributed by atoms with E-state index in [4.69, 9.17) is 4.42 Å². The van der Waals surface area contributed by atoms with E-state index in [1.807, 2.05) is 16.8 Å². The minimum atomic E-state index is -0.0822. The molecule has 2 heterocycles. The number of tetrazole rings is 1. The topological polar surface area (TPSA) is 73.3 Å². The second-order valence-corrected chi connectivity index (χ2v) is 6.60. The molecule has 124 valence electrons. The fraction of sp³-hybridized carbons (Fsp3) is 0.389. The summed E-state index contributed by atoms with van der Waals surface area (Å²) in [5, 5.41) is 15.0. The third kappa shape index (κ3) is 2.73.